The third-order valence-electron chi connectivity index (χ3n) is 4.74. The zero-order valence-electron chi connectivity index (χ0n) is 15.2. The molecule has 3 rings (SSSR count). The summed E-state index contributed by atoms with van der Waals surface area (Å²) in [5.74, 6) is 0.683. The second-order valence-electron chi connectivity index (χ2n) is 6.77. The van der Waals surface area contributed by atoms with E-state index in [4.69, 9.17) is 4.74 Å². The third kappa shape index (κ3) is 4.84. The minimum absolute atomic E-state index is 0.267. The van der Waals surface area contributed by atoms with E-state index < -0.39 is 5.92 Å². The summed E-state index contributed by atoms with van der Waals surface area (Å²) in [6.07, 6.45) is 3.47. The largest absolute Gasteiger partial charge is 0.457 e. The molecule has 0 saturated carbocycles. The Morgan fingerprint density at radius 1 is 1.08 bits per heavy atom. The van der Waals surface area contributed by atoms with Gasteiger partial charge in [0.15, 0.2) is 0 Å². The summed E-state index contributed by atoms with van der Waals surface area (Å²) in [6.45, 7) is 3.94. The SMILES string of the molecule is CC(C(=O)N(O)CN1CCCCC1)c1cccc(Oc2ccccc2)c1. The fourth-order valence-corrected chi connectivity index (χ4v) is 3.20. The van der Waals surface area contributed by atoms with Crippen molar-refractivity contribution in [3.05, 3.63) is 60.2 Å². The number of ether oxygens (including phenoxy) is 1. The molecule has 0 spiro atoms. The van der Waals surface area contributed by atoms with Crippen molar-refractivity contribution < 1.29 is 14.7 Å². The predicted octanol–water partition coefficient (Wildman–Crippen LogP) is 4.24. The summed E-state index contributed by atoms with van der Waals surface area (Å²) in [4.78, 5) is 14.7. The third-order valence-corrected chi connectivity index (χ3v) is 4.74. The lowest BCUT2D eigenvalue weighted by atomic mass is 10.00. The van der Waals surface area contributed by atoms with Crippen LogP contribution in [0.25, 0.3) is 0 Å². The summed E-state index contributed by atoms with van der Waals surface area (Å²) in [5, 5.41) is 11.1. The summed E-state index contributed by atoms with van der Waals surface area (Å²) >= 11 is 0. The highest BCUT2D eigenvalue weighted by molar-refractivity contribution is 5.82. The van der Waals surface area contributed by atoms with Crippen molar-refractivity contribution in [3.8, 4) is 11.5 Å². The molecule has 1 fully saturated rings. The standard InChI is InChI=1S/C21H26N2O3/c1-17(21(24)23(25)16-22-13-6-3-7-14-22)18-9-8-12-20(15-18)26-19-10-4-2-5-11-19/h2,4-5,8-12,15,17,25H,3,6-7,13-14,16H2,1H3. The van der Waals surface area contributed by atoms with Gasteiger partial charge < -0.3 is 4.74 Å². The number of carbonyl (C=O) groups is 1. The molecule has 1 heterocycles. The molecule has 26 heavy (non-hydrogen) atoms. The van der Waals surface area contributed by atoms with Crippen LogP contribution in [0.1, 0.15) is 37.7 Å². The lowest BCUT2D eigenvalue weighted by Crippen LogP contribution is -2.43. The predicted molar refractivity (Wildman–Crippen MR) is 100 cm³/mol. The van der Waals surface area contributed by atoms with Gasteiger partial charge in [-0.25, -0.2) is 5.06 Å². The van der Waals surface area contributed by atoms with Gasteiger partial charge in [0.25, 0.3) is 5.91 Å². The maximum absolute atomic E-state index is 12.6. The highest BCUT2D eigenvalue weighted by Gasteiger charge is 2.23. The lowest BCUT2D eigenvalue weighted by Gasteiger charge is -2.30. The molecular formula is C21H26N2O3. The van der Waals surface area contributed by atoms with E-state index in [1.165, 1.54) is 6.42 Å². The van der Waals surface area contributed by atoms with Crippen molar-refractivity contribution in [2.75, 3.05) is 19.8 Å². The average molecular weight is 354 g/mol. The van der Waals surface area contributed by atoms with E-state index in [2.05, 4.69) is 4.90 Å². The number of carbonyl (C=O) groups excluding carboxylic acids is 1. The number of para-hydroxylation sites is 1. The van der Waals surface area contributed by atoms with Gasteiger partial charge >= 0.3 is 0 Å². The Kier molecular flexibility index (Phi) is 6.26. The van der Waals surface area contributed by atoms with Crippen LogP contribution in [-0.4, -0.2) is 40.8 Å². The van der Waals surface area contributed by atoms with Gasteiger partial charge in [0.1, 0.15) is 18.2 Å². The van der Waals surface area contributed by atoms with Crippen molar-refractivity contribution in [2.24, 2.45) is 0 Å². The molecule has 1 aliphatic heterocycles. The van der Waals surface area contributed by atoms with Crippen LogP contribution in [0.3, 0.4) is 0 Å². The summed E-state index contributed by atoms with van der Waals surface area (Å²) < 4.78 is 5.84. The van der Waals surface area contributed by atoms with Crippen LogP contribution in [0.2, 0.25) is 0 Å². The molecule has 2 aromatic rings. The van der Waals surface area contributed by atoms with Gasteiger partial charge in [-0.05, 0) is 62.7 Å². The number of hydrogen-bond acceptors (Lipinski definition) is 4. The van der Waals surface area contributed by atoms with E-state index >= 15 is 0 Å². The molecule has 138 valence electrons. The topological polar surface area (TPSA) is 53.0 Å². The molecule has 1 aliphatic rings. The normalized spacial score (nSPS) is 16.1. The minimum atomic E-state index is -0.441. The molecular weight excluding hydrogens is 328 g/mol. The summed E-state index contributed by atoms with van der Waals surface area (Å²) in [5.41, 5.74) is 0.820. The van der Waals surface area contributed by atoms with Crippen LogP contribution in [0, 0.1) is 0 Å². The van der Waals surface area contributed by atoms with E-state index in [-0.39, 0.29) is 12.6 Å². The van der Waals surface area contributed by atoms with E-state index in [0.29, 0.717) is 5.75 Å². The number of hydrogen-bond donors (Lipinski definition) is 1. The monoisotopic (exact) mass is 354 g/mol. The Balaban J connectivity index is 1.63. The first-order chi connectivity index (χ1) is 12.6. The second kappa shape index (κ2) is 8.83. The molecule has 1 N–H and O–H groups in total. The number of rotatable bonds is 6. The molecule has 0 radical (unpaired) electrons. The summed E-state index contributed by atoms with van der Waals surface area (Å²) in [6, 6.07) is 17.0. The van der Waals surface area contributed by atoms with Gasteiger partial charge in [-0.3, -0.25) is 14.9 Å². The minimum Gasteiger partial charge on any atom is -0.457 e. The van der Waals surface area contributed by atoms with Crippen molar-refractivity contribution in [1.29, 1.82) is 0 Å². The molecule has 1 unspecified atom stereocenters. The quantitative estimate of drug-likeness (QED) is 0.623. The Morgan fingerprint density at radius 3 is 2.50 bits per heavy atom. The fourth-order valence-electron chi connectivity index (χ4n) is 3.20. The molecule has 1 amide bonds. The van der Waals surface area contributed by atoms with E-state index in [0.717, 1.165) is 42.3 Å². The van der Waals surface area contributed by atoms with Gasteiger partial charge in [-0.1, -0.05) is 36.8 Å². The van der Waals surface area contributed by atoms with E-state index in [1.54, 1.807) is 0 Å². The molecule has 5 heteroatoms. The van der Waals surface area contributed by atoms with Gasteiger partial charge in [0, 0.05) is 0 Å². The number of piperidine rings is 1. The van der Waals surface area contributed by atoms with E-state index in [1.807, 2.05) is 61.5 Å². The molecule has 2 aromatic carbocycles. The van der Waals surface area contributed by atoms with Crippen molar-refractivity contribution in [1.82, 2.24) is 9.96 Å². The van der Waals surface area contributed by atoms with Crippen LogP contribution >= 0.6 is 0 Å². The van der Waals surface area contributed by atoms with Crippen LogP contribution in [0.4, 0.5) is 0 Å². The molecule has 0 aromatic heterocycles. The first-order valence-corrected chi connectivity index (χ1v) is 9.19. The van der Waals surface area contributed by atoms with Gasteiger partial charge in [0.05, 0.1) is 5.92 Å². The smallest absolute Gasteiger partial charge is 0.254 e. The van der Waals surface area contributed by atoms with Gasteiger partial charge in [-0.2, -0.15) is 0 Å². The van der Waals surface area contributed by atoms with Crippen LogP contribution in [0.5, 0.6) is 11.5 Å². The van der Waals surface area contributed by atoms with Crippen LogP contribution < -0.4 is 4.74 Å². The fraction of sp³-hybridized carbons (Fsp3) is 0.381. The molecule has 0 aliphatic carbocycles. The molecule has 0 bridgehead atoms. The second-order valence-corrected chi connectivity index (χ2v) is 6.77. The first-order valence-electron chi connectivity index (χ1n) is 9.19. The highest BCUT2D eigenvalue weighted by Crippen LogP contribution is 2.26. The summed E-state index contributed by atoms with van der Waals surface area (Å²) in [7, 11) is 0. The Labute approximate surface area is 154 Å². The number of benzene rings is 2. The number of hydroxylamine groups is 2. The van der Waals surface area contributed by atoms with Crippen molar-refractivity contribution >= 4 is 5.91 Å². The Morgan fingerprint density at radius 2 is 1.77 bits per heavy atom. The number of nitrogens with zero attached hydrogens (tertiary/aromatic N) is 2. The Bertz CT molecular complexity index is 714. The van der Waals surface area contributed by atoms with Crippen LogP contribution in [-0.2, 0) is 4.79 Å². The Hall–Kier alpha value is -2.37. The number of amides is 1. The van der Waals surface area contributed by atoms with Gasteiger partial charge in [0.2, 0.25) is 0 Å². The zero-order chi connectivity index (χ0) is 18.4. The molecule has 5 nitrogen and oxygen atoms in total. The maximum Gasteiger partial charge on any atom is 0.254 e. The van der Waals surface area contributed by atoms with Crippen molar-refractivity contribution in [2.45, 2.75) is 32.1 Å². The molecule has 1 saturated heterocycles. The zero-order valence-corrected chi connectivity index (χ0v) is 15.2. The van der Waals surface area contributed by atoms with Gasteiger partial charge in [-0.15, -0.1) is 0 Å². The van der Waals surface area contributed by atoms with E-state index in [9.17, 15) is 10.0 Å². The van der Waals surface area contributed by atoms with Crippen molar-refractivity contribution in [3.63, 3.8) is 0 Å². The average Bonchev–Trinajstić information content (AvgIpc) is 2.68. The maximum atomic E-state index is 12.6. The lowest BCUT2D eigenvalue weighted by molar-refractivity contribution is -0.176. The van der Waals surface area contributed by atoms with Crippen LogP contribution in [0.15, 0.2) is 54.6 Å². The highest BCUT2D eigenvalue weighted by atomic mass is 16.5. The first kappa shape index (κ1) is 18.4. The molecule has 1 atom stereocenters. The number of likely N-dealkylation sites (tertiary alicyclic amines) is 1.